The average Bonchev–Trinajstić information content (AvgIpc) is 2.73. The van der Waals surface area contributed by atoms with E-state index in [1.807, 2.05) is 0 Å². The van der Waals surface area contributed by atoms with Crippen molar-refractivity contribution in [2.24, 2.45) is 0 Å². The smallest absolute Gasteiger partial charge is 0.257 e. The highest BCUT2D eigenvalue weighted by Crippen LogP contribution is 2.19. The van der Waals surface area contributed by atoms with Gasteiger partial charge in [-0.05, 0) is 49.9 Å². The molecule has 0 fully saturated rings. The summed E-state index contributed by atoms with van der Waals surface area (Å²) >= 11 is 5.86. The Kier molecular flexibility index (Phi) is 9.96. The van der Waals surface area contributed by atoms with Crippen LogP contribution in [-0.2, 0) is 14.3 Å². The van der Waals surface area contributed by atoms with Crippen LogP contribution in [0.5, 0.6) is 0 Å². The highest BCUT2D eigenvalue weighted by molar-refractivity contribution is 6.30. The van der Waals surface area contributed by atoms with Crippen LogP contribution in [0, 0.1) is 0 Å². The molecule has 8 nitrogen and oxygen atoms in total. The van der Waals surface area contributed by atoms with Crippen LogP contribution < -0.4 is 16.0 Å². The van der Waals surface area contributed by atoms with Crippen molar-refractivity contribution in [3.63, 3.8) is 0 Å². The maximum Gasteiger partial charge on any atom is 0.257 e. The highest BCUT2D eigenvalue weighted by Gasteiger charge is 2.15. The quantitative estimate of drug-likeness (QED) is 0.461. The third-order valence-electron chi connectivity index (χ3n) is 4.22. The zero-order valence-corrected chi connectivity index (χ0v) is 18.4. The number of hydrogen-bond donors (Lipinski definition) is 3. The van der Waals surface area contributed by atoms with E-state index < -0.39 is 0 Å². The van der Waals surface area contributed by atoms with Crippen LogP contribution in [0.15, 0.2) is 48.5 Å². The summed E-state index contributed by atoms with van der Waals surface area (Å²) in [5.41, 5.74) is 1.30. The van der Waals surface area contributed by atoms with E-state index in [4.69, 9.17) is 16.3 Å². The molecule has 9 heteroatoms. The van der Waals surface area contributed by atoms with Crippen molar-refractivity contribution < 1.29 is 19.1 Å². The molecule has 0 unspecified atom stereocenters. The normalized spacial score (nSPS) is 10.6. The summed E-state index contributed by atoms with van der Waals surface area (Å²) in [6.07, 6.45) is 0.724. The first-order valence-corrected chi connectivity index (χ1v) is 10.2. The van der Waals surface area contributed by atoms with E-state index in [0.29, 0.717) is 35.1 Å². The summed E-state index contributed by atoms with van der Waals surface area (Å²) in [4.78, 5) is 38.6. The monoisotopic (exact) mass is 446 g/mol. The number of rotatable bonds is 11. The molecule has 0 atom stereocenters. The molecule has 3 N–H and O–H groups in total. The Labute approximate surface area is 186 Å². The second-order valence-electron chi connectivity index (χ2n) is 6.92. The van der Waals surface area contributed by atoms with Crippen molar-refractivity contribution in [1.29, 1.82) is 0 Å². The Bertz CT molecular complexity index is 889. The molecule has 0 bridgehead atoms. The van der Waals surface area contributed by atoms with Crippen LogP contribution in [0.3, 0.4) is 0 Å². The molecule has 2 aromatic rings. The van der Waals surface area contributed by atoms with Crippen LogP contribution in [-0.4, -0.2) is 63.0 Å². The molecule has 0 aliphatic rings. The van der Waals surface area contributed by atoms with Gasteiger partial charge < -0.3 is 20.7 Å². The van der Waals surface area contributed by atoms with Gasteiger partial charge in [-0.15, -0.1) is 0 Å². The molecular weight excluding hydrogens is 420 g/mol. The van der Waals surface area contributed by atoms with Gasteiger partial charge >= 0.3 is 0 Å². The van der Waals surface area contributed by atoms with E-state index in [1.165, 1.54) is 0 Å². The SMILES string of the molecule is COCCCNC(=O)CN(C)CC(=O)Nc1ccccc1C(=O)Nc1ccc(Cl)cc1. The Morgan fingerprint density at radius 1 is 0.968 bits per heavy atom. The number of amides is 3. The van der Waals surface area contributed by atoms with E-state index >= 15 is 0 Å². The van der Waals surface area contributed by atoms with Gasteiger partial charge in [0.15, 0.2) is 0 Å². The van der Waals surface area contributed by atoms with Crippen molar-refractivity contribution in [3.8, 4) is 0 Å². The van der Waals surface area contributed by atoms with Crippen LogP contribution >= 0.6 is 11.6 Å². The van der Waals surface area contributed by atoms with Crippen LogP contribution in [0.4, 0.5) is 11.4 Å². The van der Waals surface area contributed by atoms with Gasteiger partial charge in [0.25, 0.3) is 5.91 Å². The minimum atomic E-state index is -0.359. The Hall–Kier alpha value is -2.94. The molecule has 0 aromatic heterocycles. The lowest BCUT2D eigenvalue weighted by atomic mass is 10.1. The lowest BCUT2D eigenvalue weighted by Gasteiger charge is -2.17. The number of methoxy groups -OCH3 is 1. The molecule has 0 saturated carbocycles. The molecule has 0 heterocycles. The summed E-state index contributed by atoms with van der Waals surface area (Å²) in [5, 5.41) is 8.85. The Balaban J connectivity index is 1.89. The maximum absolute atomic E-state index is 12.6. The number of ether oxygens (including phenoxy) is 1. The number of likely N-dealkylation sites (N-methyl/N-ethyl adjacent to an activating group) is 1. The molecule has 0 aliphatic heterocycles. The van der Waals surface area contributed by atoms with E-state index in [0.717, 1.165) is 6.42 Å². The third kappa shape index (κ3) is 8.75. The molecule has 166 valence electrons. The van der Waals surface area contributed by atoms with Crippen LogP contribution in [0.1, 0.15) is 16.8 Å². The summed E-state index contributed by atoms with van der Waals surface area (Å²) in [6.45, 7) is 1.17. The zero-order valence-electron chi connectivity index (χ0n) is 17.6. The summed E-state index contributed by atoms with van der Waals surface area (Å²) < 4.78 is 4.93. The number of anilines is 2. The lowest BCUT2D eigenvalue weighted by molar-refractivity contribution is -0.123. The Morgan fingerprint density at radius 2 is 1.65 bits per heavy atom. The largest absolute Gasteiger partial charge is 0.385 e. The number of benzene rings is 2. The maximum atomic E-state index is 12.6. The fourth-order valence-corrected chi connectivity index (χ4v) is 2.88. The zero-order chi connectivity index (χ0) is 22.6. The van der Waals surface area contributed by atoms with Gasteiger partial charge in [0.1, 0.15) is 0 Å². The number of carbonyl (C=O) groups is 3. The van der Waals surface area contributed by atoms with Gasteiger partial charge in [-0.2, -0.15) is 0 Å². The van der Waals surface area contributed by atoms with E-state index in [9.17, 15) is 14.4 Å². The van der Waals surface area contributed by atoms with Crippen molar-refractivity contribution in [2.75, 3.05) is 51.0 Å². The molecule has 0 radical (unpaired) electrons. The van der Waals surface area contributed by atoms with E-state index in [1.54, 1.807) is 67.6 Å². The first kappa shape index (κ1) is 24.3. The minimum absolute atomic E-state index is 0.00136. The fraction of sp³-hybridized carbons (Fsp3) is 0.318. The van der Waals surface area contributed by atoms with Gasteiger partial charge in [0.05, 0.1) is 24.3 Å². The molecule has 0 saturated heterocycles. The molecule has 2 aromatic carbocycles. The van der Waals surface area contributed by atoms with Crippen molar-refractivity contribution in [3.05, 3.63) is 59.1 Å². The second kappa shape index (κ2) is 12.7. The summed E-state index contributed by atoms with van der Waals surface area (Å²) in [5.74, 6) is -0.863. The number of carbonyl (C=O) groups excluding carboxylic acids is 3. The number of nitrogens with zero attached hydrogens (tertiary/aromatic N) is 1. The molecule has 31 heavy (non-hydrogen) atoms. The standard InChI is InChI=1S/C22H27ClN4O4/c1-27(14-20(28)24-12-5-13-31-2)15-21(29)26-19-7-4-3-6-18(19)22(30)25-17-10-8-16(23)9-11-17/h3-4,6-11H,5,12-15H2,1-2H3,(H,24,28)(H,25,30)(H,26,29). The van der Waals surface area contributed by atoms with E-state index in [2.05, 4.69) is 16.0 Å². The molecule has 2 rings (SSSR count). The van der Waals surface area contributed by atoms with Crippen LogP contribution in [0.2, 0.25) is 5.02 Å². The number of halogens is 1. The summed E-state index contributed by atoms with van der Waals surface area (Å²) in [7, 11) is 3.28. The fourth-order valence-electron chi connectivity index (χ4n) is 2.76. The second-order valence-corrected chi connectivity index (χ2v) is 7.36. The molecule has 0 aliphatic carbocycles. The lowest BCUT2D eigenvalue weighted by Crippen LogP contribution is -2.39. The first-order valence-electron chi connectivity index (χ1n) is 9.79. The molecular formula is C22H27ClN4O4. The first-order chi connectivity index (χ1) is 14.9. The van der Waals surface area contributed by atoms with Crippen LogP contribution in [0.25, 0.3) is 0 Å². The predicted octanol–water partition coefficient (Wildman–Crippen LogP) is 2.62. The third-order valence-corrected chi connectivity index (χ3v) is 4.47. The highest BCUT2D eigenvalue weighted by atomic mass is 35.5. The topological polar surface area (TPSA) is 99.8 Å². The molecule has 3 amide bonds. The average molecular weight is 447 g/mol. The summed E-state index contributed by atoms with van der Waals surface area (Å²) in [6, 6.07) is 13.4. The van der Waals surface area contributed by atoms with Crippen molar-refractivity contribution in [1.82, 2.24) is 10.2 Å². The van der Waals surface area contributed by atoms with Gasteiger partial charge in [0, 0.05) is 31.0 Å². The van der Waals surface area contributed by atoms with Gasteiger partial charge in [-0.3, -0.25) is 19.3 Å². The van der Waals surface area contributed by atoms with Crippen molar-refractivity contribution >= 4 is 40.7 Å². The van der Waals surface area contributed by atoms with Gasteiger partial charge in [-0.1, -0.05) is 23.7 Å². The van der Waals surface area contributed by atoms with Crippen molar-refractivity contribution in [2.45, 2.75) is 6.42 Å². The van der Waals surface area contributed by atoms with E-state index in [-0.39, 0.29) is 30.8 Å². The van der Waals surface area contributed by atoms with Gasteiger partial charge in [0.2, 0.25) is 11.8 Å². The predicted molar refractivity (Wildman–Crippen MR) is 121 cm³/mol. The molecule has 0 spiro atoms. The van der Waals surface area contributed by atoms with Gasteiger partial charge in [-0.25, -0.2) is 0 Å². The number of para-hydroxylation sites is 1. The Morgan fingerprint density at radius 3 is 2.35 bits per heavy atom. The number of hydrogen-bond acceptors (Lipinski definition) is 5. The minimum Gasteiger partial charge on any atom is -0.385 e. The number of nitrogens with one attached hydrogen (secondary N) is 3.